The van der Waals surface area contributed by atoms with Crippen molar-refractivity contribution in [2.75, 3.05) is 26.3 Å². The molecule has 11 heteroatoms. The van der Waals surface area contributed by atoms with E-state index in [9.17, 15) is 13.2 Å². The second-order valence-corrected chi connectivity index (χ2v) is 11.6. The van der Waals surface area contributed by atoms with E-state index in [2.05, 4.69) is 10.3 Å². The van der Waals surface area contributed by atoms with Gasteiger partial charge >= 0.3 is 0 Å². The van der Waals surface area contributed by atoms with Gasteiger partial charge in [-0.3, -0.25) is 4.79 Å². The molecule has 0 saturated carbocycles. The van der Waals surface area contributed by atoms with Crippen LogP contribution in [0.4, 0.5) is 0 Å². The molecule has 0 radical (unpaired) electrons. The first kappa shape index (κ1) is 20.6. The number of aromatic nitrogens is 1. The summed E-state index contributed by atoms with van der Waals surface area (Å²) in [6.45, 7) is 3.64. The number of thiazole rings is 1. The minimum absolute atomic E-state index is 0.200. The average Bonchev–Trinajstić information content (AvgIpc) is 3.47. The zero-order valence-electron chi connectivity index (χ0n) is 15.6. The number of hydrogen-bond donors (Lipinski definition) is 1. The van der Waals surface area contributed by atoms with Gasteiger partial charge in [-0.25, -0.2) is 13.4 Å². The number of rotatable bonds is 6. The first-order valence-corrected chi connectivity index (χ1v) is 12.9. The van der Waals surface area contributed by atoms with Gasteiger partial charge in [0.25, 0.3) is 15.9 Å². The van der Waals surface area contributed by atoms with Gasteiger partial charge in [-0.05, 0) is 30.5 Å². The van der Waals surface area contributed by atoms with E-state index >= 15 is 0 Å². The van der Waals surface area contributed by atoms with Crippen molar-refractivity contribution in [3.63, 3.8) is 0 Å². The highest BCUT2D eigenvalue weighted by molar-refractivity contribution is 7.91. The van der Waals surface area contributed by atoms with E-state index in [0.717, 1.165) is 14.8 Å². The molecule has 1 N–H and O–H groups in total. The molecule has 1 saturated heterocycles. The number of aryl methyl sites for hydroxylation is 1. The smallest absolute Gasteiger partial charge is 0.263 e. The van der Waals surface area contributed by atoms with Gasteiger partial charge in [-0.2, -0.15) is 4.31 Å². The SMILES string of the molecule is Cc1nc(-c2cccs2)sc1C(=O)NCc1ccc(S(=O)(=O)N2CCOCC2)s1. The molecule has 4 heterocycles. The Labute approximate surface area is 181 Å². The summed E-state index contributed by atoms with van der Waals surface area (Å²) < 4.78 is 32.4. The maximum atomic E-state index is 12.7. The Morgan fingerprint density at radius 3 is 2.76 bits per heavy atom. The lowest BCUT2D eigenvalue weighted by molar-refractivity contribution is 0.0731. The summed E-state index contributed by atoms with van der Waals surface area (Å²) in [7, 11) is -3.51. The van der Waals surface area contributed by atoms with Gasteiger partial charge < -0.3 is 10.1 Å². The van der Waals surface area contributed by atoms with E-state index in [0.29, 0.717) is 36.9 Å². The predicted octanol–water partition coefficient (Wildman–Crippen LogP) is 3.19. The van der Waals surface area contributed by atoms with Crippen molar-refractivity contribution in [2.45, 2.75) is 17.7 Å². The summed E-state index contributed by atoms with van der Waals surface area (Å²) in [5.41, 5.74) is 0.692. The van der Waals surface area contributed by atoms with Crippen LogP contribution in [0.2, 0.25) is 0 Å². The Hall–Kier alpha value is -1.63. The number of sulfonamides is 1. The summed E-state index contributed by atoms with van der Waals surface area (Å²) >= 11 is 4.13. The monoisotopic (exact) mass is 469 g/mol. The van der Waals surface area contributed by atoms with Crippen LogP contribution in [0.15, 0.2) is 33.9 Å². The van der Waals surface area contributed by atoms with Crippen LogP contribution >= 0.6 is 34.0 Å². The van der Waals surface area contributed by atoms with Crippen LogP contribution in [0.3, 0.4) is 0 Å². The maximum Gasteiger partial charge on any atom is 0.263 e. The molecule has 0 spiro atoms. The summed E-state index contributed by atoms with van der Waals surface area (Å²) in [5, 5.41) is 5.68. The normalized spacial score (nSPS) is 15.5. The van der Waals surface area contributed by atoms with Crippen LogP contribution in [-0.4, -0.2) is 49.9 Å². The molecule has 1 aliphatic rings. The van der Waals surface area contributed by atoms with Crippen molar-refractivity contribution in [3.8, 4) is 9.88 Å². The van der Waals surface area contributed by atoms with Crippen LogP contribution in [0.1, 0.15) is 20.2 Å². The minimum atomic E-state index is -3.51. The Morgan fingerprint density at radius 1 is 1.24 bits per heavy atom. The van der Waals surface area contributed by atoms with Gasteiger partial charge in [0, 0.05) is 18.0 Å². The molecular weight excluding hydrogens is 450 g/mol. The van der Waals surface area contributed by atoms with Crippen LogP contribution in [0.25, 0.3) is 9.88 Å². The molecule has 3 aromatic rings. The fourth-order valence-corrected chi connectivity index (χ4v) is 7.50. The van der Waals surface area contributed by atoms with Crippen molar-refractivity contribution in [3.05, 3.63) is 45.1 Å². The van der Waals surface area contributed by atoms with Crippen LogP contribution in [-0.2, 0) is 21.3 Å². The molecule has 1 amide bonds. The van der Waals surface area contributed by atoms with Crippen LogP contribution in [0, 0.1) is 6.92 Å². The zero-order valence-corrected chi connectivity index (χ0v) is 18.8. The number of morpholine rings is 1. The van der Waals surface area contributed by atoms with Crippen molar-refractivity contribution < 1.29 is 17.9 Å². The summed E-state index contributed by atoms with van der Waals surface area (Å²) in [4.78, 5) is 19.5. The molecule has 0 bridgehead atoms. The van der Waals surface area contributed by atoms with Crippen molar-refractivity contribution >= 4 is 49.9 Å². The number of carbonyl (C=O) groups excluding carboxylic acids is 1. The van der Waals surface area contributed by atoms with Gasteiger partial charge in [0.2, 0.25) is 0 Å². The van der Waals surface area contributed by atoms with Crippen molar-refractivity contribution in [1.29, 1.82) is 0 Å². The molecule has 154 valence electrons. The van der Waals surface area contributed by atoms with Gasteiger partial charge in [0.05, 0.1) is 30.3 Å². The van der Waals surface area contributed by atoms with E-state index < -0.39 is 10.0 Å². The third-order valence-corrected chi connectivity index (χ3v) is 10.0. The topological polar surface area (TPSA) is 88.6 Å². The summed E-state index contributed by atoms with van der Waals surface area (Å²) in [6.07, 6.45) is 0. The number of nitrogens with zero attached hydrogens (tertiary/aromatic N) is 2. The number of hydrogen-bond acceptors (Lipinski definition) is 8. The van der Waals surface area contributed by atoms with Crippen molar-refractivity contribution in [2.24, 2.45) is 0 Å². The molecule has 7 nitrogen and oxygen atoms in total. The van der Waals surface area contributed by atoms with Gasteiger partial charge in [0.1, 0.15) is 14.1 Å². The van der Waals surface area contributed by atoms with Crippen LogP contribution in [0.5, 0.6) is 0 Å². The lowest BCUT2D eigenvalue weighted by Gasteiger charge is -2.25. The molecule has 1 fully saturated rings. The number of carbonyl (C=O) groups is 1. The molecule has 0 atom stereocenters. The third-order valence-electron chi connectivity index (χ3n) is 4.36. The molecule has 3 aromatic heterocycles. The van der Waals surface area contributed by atoms with Gasteiger partial charge in [-0.15, -0.1) is 34.0 Å². The highest BCUT2D eigenvalue weighted by atomic mass is 32.2. The Morgan fingerprint density at radius 2 is 2.03 bits per heavy atom. The van der Waals surface area contributed by atoms with E-state index in [4.69, 9.17) is 4.74 Å². The first-order valence-electron chi connectivity index (χ1n) is 8.91. The fraction of sp³-hybridized carbons (Fsp3) is 0.333. The molecule has 1 aliphatic heterocycles. The summed E-state index contributed by atoms with van der Waals surface area (Å²) in [6, 6.07) is 7.28. The highest BCUT2D eigenvalue weighted by Crippen LogP contribution is 2.31. The Kier molecular flexibility index (Phi) is 6.13. The minimum Gasteiger partial charge on any atom is -0.379 e. The second kappa shape index (κ2) is 8.62. The Bertz CT molecular complexity index is 1100. The lowest BCUT2D eigenvalue weighted by atomic mass is 10.3. The van der Waals surface area contributed by atoms with E-state index in [1.54, 1.807) is 23.5 Å². The lowest BCUT2D eigenvalue weighted by Crippen LogP contribution is -2.40. The standard InChI is InChI=1S/C18H19N3O4S4/c1-12-16(28-18(20-12)14-3-2-10-26-14)17(22)19-11-13-4-5-15(27-13)29(23,24)21-6-8-25-9-7-21/h2-5,10H,6-9,11H2,1H3,(H,19,22). The second-order valence-electron chi connectivity index (χ2n) is 6.33. The molecule has 4 rings (SSSR count). The van der Waals surface area contributed by atoms with Gasteiger partial charge in [-0.1, -0.05) is 6.07 Å². The maximum absolute atomic E-state index is 12.7. The molecule has 29 heavy (non-hydrogen) atoms. The van der Waals surface area contributed by atoms with Gasteiger partial charge in [0.15, 0.2) is 0 Å². The first-order chi connectivity index (χ1) is 13.9. The molecule has 0 unspecified atom stereocenters. The third kappa shape index (κ3) is 4.44. The highest BCUT2D eigenvalue weighted by Gasteiger charge is 2.27. The fourth-order valence-electron chi connectivity index (χ4n) is 2.87. The van der Waals surface area contributed by atoms with E-state index in [1.165, 1.54) is 27.0 Å². The molecule has 0 aromatic carbocycles. The summed E-state index contributed by atoms with van der Waals surface area (Å²) in [5.74, 6) is -0.200. The predicted molar refractivity (Wildman–Crippen MR) is 115 cm³/mol. The molecule has 0 aliphatic carbocycles. The number of ether oxygens (including phenoxy) is 1. The van der Waals surface area contributed by atoms with E-state index in [-0.39, 0.29) is 16.7 Å². The Balaban J connectivity index is 1.42. The van der Waals surface area contributed by atoms with Crippen molar-refractivity contribution in [1.82, 2.24) is 14.6 Å². The van der Waals surface area contributed by atoms with E-state index in [1.807, 2.05) is 24.4 Å². The average molecular weight is 470 g/mol. The van der Waals surface area contributed by atoms with Crippen LogP contribution < -0.4 is 5.32 Å². The number of amides is 1. The number of thiophene rings is 2. The number of nitrogens with one attached hydrogen (secondary N) is 1. The quantitative estimate of drug-likeness (QED) is 0.599. The largest absolute Gasteiger partial charge is 0.379 e. The zero-order chi connectivity index (χ0) is 20.4. The molecular formula is C18H19N3O4S4.